The Balaban J connectivity index is 2.29. The molecule has 3 atom stereocenters. The largest absolute Gasteiger partial charge is 0.387 e. The number of hydrogen-bond acceptors (Lipinski definition) is 5. The zero-order valence-corrected chi connectivity index (χ0v) is 13.3. The molecule has 8 heteroatoms. The number of nitrogens with zero attached hydrogens (tertiary/aromatic N) is 2. The lowest BCUT2D eigenvalue weighted by Crippen LogP contribution is -2.54. The van der Waals surface area contributed by atoms with Crippen molar-refractivity contribution in [2.24, 2.45) is 5.92 Å². The number of hydroxylamine groups is 1. The summed E-state index contributed by atoms with van der Waals surface area (Å²) in [6.45, 7) is 1.66. The van der Waals surface area contributed by atoms with Crippen molar-refractivity contribution < 1.29 is 19.1 Å². The lowest BCUT2D eigenvalue weighted by Gasteiger charge is -2.44. The number of rotatable bonds is 3. The van der Waals surface area contributed by atoms with E-state index in [2.05, 4.69) is 5.48 Å². The topological polar surface area (TPSA) is 85.6 Å². The standard InChI is InChI=1S/C15H17ClFN3O3/c1-9-2-14-12(7-20(9)15(22)8-21)11(6-19-23-14)3-10(5-18)13(16)4-17/h3-4,6,9,12,14,19,21H,2,7-8H2,1H3/b10-3-,13-4-. The van der Waals surface area contributed by atoms with Crippen LogP contribution in [0.2, 0.25) is 0 Å². The maximum atomic E-state index is 12.5. The van der Waals surface area contributed by atoms with Crippen LogP contribution >= 0.6 is 11.6 Å². The van der Waals surface area contributed by atoms with Gasteiger partial charge in [0.15, 0.2) is 0 Å². The number of hydrogen-bond donors (Lipinski definition) is 2. The van der Waals surface area contributed by atoms with Gasteiger partial charge in [-0.25, -0.2) is 4.39 Å². The Morgan fingerprint density at radius 3 is 3.09 bits per heavy atom. The lowest BCUT2D eigenvalue weighted by molar-refractivity contribution is -0.145. The van der Waals surface area contributed by atoms with Gasteiger partial charge in [-0.1, -0.05) is 11.6 Å². The molecule has 0 radical (unpaired) electrons. The summed E-state index contributed by atoms with van der Waals surface area (Å²) in [5.41, 5.74) is 3.34. The van der Waals surface area contributed by atoms with Crippen molar-refractivity contribution >= 4 is 17.5 Å². The van der Waals surface area contributed by atoms with E-state index in [1.54, 1.807) is 11.1 Å². The summed E-state index contributed by atoms with van der Waals surface area (Å²) in [5.74, 6) is -0.560. The third-order valence-electron chi connectivity index (χ3n) is 4.06. The molecule has 6 nitrogen and oxygen atoms in total. The molecule has 0 bridgehead atoms. The van der Waals surface area contributed by atoms with Crippen molar-refractivity contribution in [1.82, 2.24) is 10.4 Å². The molecule has 0 aromatic rings. The molecule has 0 aromatic heterocycles. The third-order valence-corrected chi connectivity index (χ3v) is 4.35. The molecule has 0 aromatic carbocycles. The summed E-state index contributed by atoms with van der Waals surface area (Å²) in [6, 6.07) is 1.76. The van der Waals surface area contributed by atoms with Gasteiger partial charge in [0.25, 0.3) is 0 Å². The average Bonchev–Trinajstić information content (AvgIpc) is 2.57. The van der Waals surface area contributed by atoms with Crippen LogP contribution in [0.1, 0.15) is 13.3 Å². The van der Waals surface area contributed by atoms with Crippen LogP contribution < -0.4 is 5.48 Å². The van der Waals surface area contributed by atoms with Crippen molar-refractivity contribution in [2.45, 2.75) is 25.5 Å². The molecule has 0 spiro atoms. The fraction of sp³-hybridized carbons (Fsp3) is 0.467. The van der Waals surface area contributed by atoms with Gasteiger partial charge < -0.3 is 10.0 Å². The molecular formula is C15H17ClFN3O3. The van der Waals surface area contributed by atoms with Gasteiger partial charge in [0.2, 0.25) is 5.91 Å². The van der Waals surface area contributed by atoms with Gasteiger partial charge in [0.1, 0.15) is 19.0 Å². The van der Waals surface area contributed by atoms with E-state index in [-0.39, 0.29) is 40.9 Å². The van der Waals surface area contributed by atoms with E-state index in [0.29, 0.717) is 18.5 Å². The minimum absolute atomic E-state index is 0.0125. The summed E-state index contributed by atoms with van der Waals surface area (Å²) >= 11 is 5.67. The van der Waals surface area contributed by atoms with Gasteiger partial charge in [-0.3, -0.25) is 15.1 Å². The minimum atomic E-state index is -0.560. The number of amides is 1. The normalized spacial score (nSPS) is 28.4. The lowest BCUT2D eigenvalue weighted by atomic mass is 9.83. The number of carbonyl (C=O) groups excluding carboxylic acids is 1. The number of nitrogens with one attached hydrogen (secondary N) is 1. The zero-order valence-electron chi connectivity index (χ0n) is 12.5. The van der Waals surface area contributed by atoms with Crippen molar-refractivity contribution in [3.05, 3.63) is 34.8 Å². The highest BCUT2D eigenvalue weighted by atomic mass is 35.5. The fourth-order valence-corrected chi connectivity index (χ4v) is 2.95. The van der Waals surface area contributed by atoms with Crippen molar-refractivity contribution in [3.8, 4) is 6.07 Å². The third kappa shape index (κ3) is 3.72. The van der Waals surface area contributed by atoms with E-state index < -0.39 is 6.61 Å². The van der Waals surface area contributed by atoms with Gasteiger partial charge >= 0.3 is 0 Å². The van der Waals surface area contributed by atoms with E-state index >= 15 is 0 Å². The molecule has 2 rings (SSSR count). The number of carbonyl (C=O) groups is 1. The van der Waals surface area contributed by atoms with Crippen molar-refractivity contribution in [2.75, 3.05) is 13.2 Å². The van der Waals surface area contributed by atoms with Crippen LogP contribution in [0.15, 0.2) is 34.8 Å². The number of aliphatic hydroxyl groups excluding tert-OH is 1. The van der Waals surface area contributed by atoms with E-state index in [1.165, 1.54) is 6.08 Å². The monoisotopic (exact) mass is 341 g/mol. The molecule has 124 valence electrons. The smallest absolute Gasteiger partial charge is 0.248 e. The van der Waals surface area contributed by atoms with Crippen LogP contribution in [-0.4, -0.2) is 41.2 Å². The molecule has 0 saturated carbocycles. The van der Waals surface area contributed by atoms with Crippen LogP contribution in [0.4, 0.5) is 4.39 Å². The second kappa shape index (κ2) is 7.59. The van der Waals surface area contributed by atoms with Crippen LogP contribution in [0.25, 0.3) is 0 Å². The predicted molar refractivity (Wildman–Crippen MR) is 81.2 cm³/mol. The zero-order chi connectivity index (χ0) is 17.0. The first-order chi connectivity index (χ1) is 11.0. The Bertz CT molecular complexity index is 612. The van der Waals surface area contributed by atoms with E-state index in [4.69, 9.17) is 26.8 Å². The second-order valence-corrected chi connectivity index (χ2v) is 5.85. The predicted octanol–water partition coefficient (Wildman–Crippen LogP) is 1.50. The molecule has 1 amide bonds. The SMILES string of the molecule is CC1CC2ONC=C(/C=C(C#N)\C(Cl)=C\F)C2CN1C(=O)CO. The summed E-state index contributed by atoms with van der Waals surface area (Å²) in [7, 11) is 0. The van der Waals surface area contributed by atoms with Gasteiger partial charge in [-0.15, -0.1) is 0 Å². The molecule has 2 aliphatic rings. The highest BCUT2D eigenvalue weighted by molar-refractivity contribution is 6.32. The number of aliphatic hydroxyl groups is 1. The molecule has 2 N–H and O–H groups in total. The Morgan fingerprint density at radius 2 is 2.48 bits per heavy atom. The number of fused-ring (bicyclic) bond motifs is 1. The Kier molecular flexibility index (Phi) is 5.77. The number of halogens is 2. The summed E-state index contributed by atoms with van der Waals surface area (Å²) in [5, 5.41) is 17.9. The quantitative estimate of drug-likeness (QED) is 0.600. The van der Waals surface area contributed by atoms with E-state index in [0.717, 1.165) is 0 Å². The molecule has 0 aliphatic carbocycles. The molecule has 2 aliphatic heterocycles. The fourth-order valence-electron chi connectivity index (χ4n) is 2.85. The Labute approximate surface area is 138 Å². The van der Waals surface area contributed by atoms with Crippen LogP contribution in [0.3, 0.4) is 0 Å². The highest BCUT2D eigenvalue weighted by Crippen LogP contribution is 2.33. The van der Waals surface area contributed by atoms with Crippen LogP contribution in [-0.2, 0) is 9.63 Å². The molecule has 23 heavy (non-hydrogen) atoms. The van der Waals surface area contributed by atoms with E-state index in [9.17, 15) is 9.18 Å². The highest BCUT2D eigenvalue weighted by Gasteiger charge is 2.39. The Hall–Kier alpha value is -1.88. The molecule has 1 fully saturated rings. The summed E-state index contributed by atoms with van der Waals surface area (Å²) in [6.07, 6.45) is 3.56. The second-order valence-electron chi connectivity index (χ2n) is 5.44. The van der Waals surface area contributed by atoms with Crippen molar-refractivity contribution in [3.63, 3.8) is 0 Å². The minimum Gasteiger partial charge on any atom is -0.387 e. The van der Waals surface area contributed by atoms with Gasteiger partial charge in [0.05, 0.1) is 16.7 Å². The molecular weight excluding hydrogens is 325 g/mol. The number of likely N-dealkylation sites (tertiary alicyclic amines) is 1. The number of nitriles is 1. The maximum absolute atomic E-state index is 12.5. The number of allylic oxidation sites excluding steroid dienone is 3. The summed E-state index contributed by atoms with van der Waals surface area (Å²) in [4.78, 5) is 18.9. The molecule has 2 heterocycles. The maximum Gasteiger partial charge on any atom is 0.248 e. The first kappa shape index (κ1) is 17.5. The van der Waals surface area contributed by atoms with Gasteiger partial charge in [-0.2, -0.15) is 5.26 Å². The van der Waals surface area contributed by atoms with Gasteiger partial charge in [0, 0.05) is 24.7 Å². The molecule has 3 unspecified atom stereocenters. The molecule has 1 saturated heterocycles. The van der Waals surface area contributed by atoms with E-state index in [1.807, 2.05) is 13.0 Å². The average molecular weight is 342 g/mol. The Morgan fingerprint density at radius 1 is 1.74 bits per heavy atom. The van der Waals surface area contributed by atoms with Crippen molar-refractivity contribution in [1.29, 1.82) is 5.26 Å². The number of piperidine rings is 1. The van der Waals surface area contributed by atoms with Crippen LogP contribution in [0, 0.1) is 17.2 Å². The first-order valence-corrected chi connectivity index (χ1v) is 7.49. The summed E-state index contributed by atoms with van der Waals surface area (Å²) < 4.78 is 12.5. The van der Waals surface area contributed by atoms with Gasteiger partial charge in [-0.05, 0) is 25.0 Å². The van der Waals surface area contributed by atoms with Crippen LogP contribution in [0.5, 0.6) is 0 Å². The first-order valence-electron chi connectivity index (χ1n) is 7.11.